The van der Waals surface area contributed by atoms with Gasteiger partial charge in [0.25, 0.3) is 8.32 Å². The molecule has 0 aliphatic heterocycles. The molecule has 27 heavy (non-hydrogen) atoms. The molecule has 1 aliphatic rings. The number of hydrogen-bond donors (Lipinski definition) is 0. The van der Waals surface area contributed by atoms with Crippen LogP contribution < -0.4 is 10.4 Å². The fourth-order valence-electron chi connectivity index (χ4n) is 4.59. The van der Waals surface area contributed by atoms with E-state index in [-0.39, 0.29) is 5.04 Å². The summed E-state index contributed by atoms with van der Waals surface area (Å²) < 4.78 is 7.27. The van der Waals surface area contributed by atoms with Crippen LogP contribution in [0, 0.1) is 5.92 Å². The lowest BCUT2D eigenvalue weighted by Crippen LogP contribution is -2.67. The van der Waals surface area contributed by atoms with Gasteiger partial charge in [0, 0.05) is 6.10 Å². The molecular formula is C24H34OSSi. The summed E-state index contributed by atoms with van der Waals surface area (Å²) in [4.78, 5) is 0. The van der Waals surface area contributed by atoms with Crippen LogP contribution in [0.2, 0.25) is 5.04 Å². The van der Waals surface area contributed by atoms with Gasteiger partial charge in [0.1, 0.15) is 0 Å². The van der Waals surface area contributed by atoms with E-state index in [2.05, 4.69) is 87.7 Å². The number of hydrogen-bond acceptors (Lipinski definition) is 2. The smallest absolute Gasteiger partial charge is 0.261 e. The van der Waals surface area contributed by atoms with Crippen LogP contribution >= 0.6 is 11.8 Å². The Morgan fingerprint density at radius 1 is 0.852 bits per heavy atom. The molecule has 2 aromatic carbocycles. The van der Waals surface area contributed by atoms with E-state index >= 15 is 0 Å². The van der Waals surface area contributed by atoms with Crippen molar-refractivity contribution in [1.29, 1.82) is 0 Å². The molecule has 0 heterocycles. The molecule has 146 valence electrons. The van der Waals surface area contributed by atoms with Crippen LogP contribution in [0.15, 0.2) is 60.7 Å². The molecule has 3 rings (SSSR count). The summed E-state index contributed by atoms with van der Waals surface area (Å²) in [7, 11) is -2.38. The van der Waals surface area contributed by atoms with E-state index in [1.54, 1.807) is 0 Å². The quantitative estimate of drug-likeness (QED) is 0.596. The Morgan fingerprint density at radius 2 is 1.33 bits per heavy atom. The zero-order chi connectivity index (χ0) is 19.3. The number of thioether (sulfide) groups is 1. The Bertz CT molecular complexity index is 648. The lowest BCUT2D eigenvalue weighted by molar-refractivity contribution is 0.126. The molecule has 0 unspecified atom stereocenters. The molecule has 3 heteroatoms. The monoisotopic (exact) mass is 398 g/mol. The van der Waals surface area contributed by atoms with Gasteiger partial charge in [-0.05, 0) is 59.0 Å². The Balaban J connectivity index is 1.98. The predicted octanol–water partition coefficient (Wildman–Crippen LogP) is 5.48. The van der Waals surface area contributed by atoms with Crippen molar-refractivity contribution < 1.29 is 4.43 Å². The first kappa shape index (κ1) is 20.7. The summed E-state index contributed by atoms with van der Waals surface area (Å²) in [6.07, 6.45) is 7.64. The van der Waals surface area contributed by atoms with Crippen molar-refractivity contribution >= 4 is 30.5 Å². The summed E-state index contributed by atoms with van der Waals surface area (Å²) in [5.74, 6) is 2.17. The molecule has 1 saturated carbocycles. The third kappa shape index (κ3) is 4.52. The van der Waals surface area contributed by atoms with Crippen molar-refractivity contribution in [3.63, 3.8) is 0 Å². The molecule has 1 fully saturated rings. The predicted molar refractivity (Wildman–Crippen MR) is 123 cm³/mol. The summed E-state index contributed by atoms with van der Waals surface area (Å²) in [6.45, 7) is 7.12. The highest BCUT2D eigenvalue weighted by Gasteiger charge is 2.51. The maximum Gasteiger partial charge on any atom is 0.261 e. The van der Waals surface area contributed by atoms with Gasteiger partial charge in [-0.1, -0.05) is 81.4 Å². The van der Waals surface area contributed by atoms with Crippen molar-refractivity contribution in [3.8, 4) is 0 Å². The van der Waals surface area contributed by atoms with E-state index < -0.39 is 8.32 Å². The van der Waals surface area contributed by atoms with Crippen LogP contribution in [0.1, 0.15) is 46.5 Å². The van der Waals surface area contributed by atoms with Crippen LogP contribution in [0.5, 0.6) is 0 Å². The third-order valence-electron chi connectivity index (χ3n) is 5.96. The zero-order valence-electron chi connectivity index (χ0n) is 17.3. The van der Waals surface area contributed by atoms with E-state index in [4.69, 9.17) is 4.43 Å². The van der Waals surface area contributed by atoms with Crippen LogP contribution in [0.25, 0.3) is 0 Å². The van der Waals surface area contributed by atoms with Gasteiger partial charge in [0.2, 0.25) is 0 Å². The molecule has 0 radical (unpaired) electrons. The molecular weight excluding hydrogens is 364 g/mol. The van der Waals surface area contributed by atoms with E-state index in [9.17, 15) is 0 Å². The van der Waals surface area contributed by atoms with Crippen molar-refractivity contribution in [1.82, 2.24) is 0 Å². The fraction of sp³-hybridized carbons (Fsp3) is 0.500. The second-order valence-corrected chi connectivity index (χ2v) is 14.0. The fourth-order valence-corrected chi connectivity index (χ4v) is 10.1. The van der Waals surface area contributed by atoms with E-state index in [1.165, 1.54) is 41.8 Å². The molecule has 0 aromatic heterocycles. The highest BCUT2D eigenvalue weighted by atomic mass is 32.2. The molecule has 0 saturated heterocycles. The normalized spacial score (nSPS) is 21.2. The number of benzene rings is 2. The highest BCUT2D eigenvalue weighted by molar-refractivity contribution is 7.98. The molecule has 2 aromatic rings. The molecule has 0 bridgehead atoms. The van der Waals surface area contributed by atoms with Crippen molar-refractivity contribution in [2.75, 3.05) is 12.0 Å². The van der Waals surface area contributed by atoms with Crippen LogP contribution in [0.3, 0.4) is 0 Å². The first-order valence-electron chi connectivity index (χ1n) is 10.2. The van der Waals surface area contributed by atoms with E-state index in [0.717, 1.165) is 5.92 Å². The van der Waals surface area contributed by atoms with Crippen LogP contribution in [-0.2, 0) is 4.43 Å². The lowest BCUT2D eigenvalue weighted by atomic mass is 9.89. The molecule has 1 nitrogen and oxygen atoms in total. The Morgan fingerprint density at radius 3 is 1.74 bits per heavy atom. The van der Waals surface area contributed by atoms with Gasteiger partial charge in [-0.2, -0.15) is 11.8 Å². The molecule has 1 aliphatic carbocycles. The standard InChI is InChI=1S/C24H34OSSi/c1-24(2,3)27(22-11-7-5-8-12-22,23-13-9-6-10-14-23)25-21-17-15-20(16-18-21)19-26-4/h5-14,20-21H,15-19H2,1-4H3. The van der Waals surface area contributed by atoms with E-state index in [0.29, 0.717) is 6.10 Å². The first-order chi connectivity index (χ1) is 13.0. The second-order valence-electron chi connectivity index (χ2n) is 8.88. The minimum atomic E-state index is -2.38. The van der Waals surface area contributed by atoms with Crippen molar-refractivity contribution in [3.05, 3.63) is 60.7 Å². The average molecular weight is 399 g/mol. The summed E-state index contributed by atoms with van der Waals surface area (Å²) in [5, 5.41) is 2.87. The molecule has 0 atom stereocenters. The Hall–Kier alpha value is -1.03. The largest absolute Gasteiger partial charge is 0.404 e. The van der Waals surface area contributed by atoms with Crippen molar-refractivity contribution in [2.24, 2.45) is 5.92 Å². The Labute approximate surface area is 171 Å². The van der Waals surface area contributed by atoms with Gasteiger partial charge >= 0.3 is 0 Å². The summed E-state index contributed by atoms with van der Waals surface area (Å²) in [5.41, 5.74) is 0. The Kier molecular flexibility index (Phi) is 6.88. The third-order valence-corrected chi connectivity index (χ3v) is 11.9. The second kappa shape index (κ2) is 8.98. The maximum absolute atomic E-state index is 7.27. The molecule has 0 N–H and O–H groups in total. The highest BCUT2D eigenvalue weighted by Crippen LogP contribution is 2.40. The lowest BCUT2D eigenvalue weighted by Gasteiger charge is -2.46. The minimum absolute atomic E-state index is 0.0752. The SMILES string of the molecule is CSCC1CCC(O[Si](c2ccccc2)(c2ccccc2)C(C)(C)C)CC1. The maximum atomic E-state index is 7.27. The van der Waals surface area contributed by atoms with Gasteiger partial charge < -0.3 is 4.43 Å². The van der Waals surface area contributed by atoms with Gasteiger partial charge in [-0.3, -0.25) is 0 Å². The zero-order valence-corrected chi connectivity index (χ0v) is 19.1. The van der Waals surface area contributed by atoms with Gasteiger partial charge in [-0.15, -0.1) is 0 Å². The topological polar surface area (TPSA) is 9.23 Å². The summed E-state index contributed by atoms with van der Waals surface area (Å²) in [6, 6.07) is 22.1. The van der Waals surface area contributed by atoms with Crippen molar-refractivity contribution in [2.45, 2.75) is 57.6 Å². The summed E-state index contributed by atoms with van der Waals surface area (Å²) >= 11 is 1.99. The van der Waals surface area contributed by atoms with Gasteiger partial charge in [0.05, 0.1) is 0 Å². The molecule has 0 spiro atoms. The van der Waals surface area contributed by atoms with Gasteiger partial charge in [-0.25, -0.2) is 0 Å². The molecule has 0 amide bonds. The van der Waals surface area contributed by atoms with Crippen LogP contribution in [0.4, 0.5) is 0 Å². The van der Waals surface area contributed by atoms with Gasteiger partial charge in [0.15, 0.2) is 0 Å². The van der Waals surface area contributed by atoms with Crippen LogP contribution in [-0.4, -0.2) is 26.4 Å². The minimum Gasteiger partial charge on any atom is -0.404 e. The van der Waals surface area contributed by atoms with E-state index in [1.807, 2.05) is 11.8 Å². The average Bonchev–Trinajstić information content (AvgIpc) is 2.68. The number of rotatable bonds is 6. The first-order valence-corrected chi connectivity index (χ1v) is 13.6.